The van der Waals surface area contributed by atoms with E-state index in [1.165, 1.54) is 17.7 Å². The molecule has 0 bridgehead atoms. The molecule has 0 unspecified atom stereocenters. The van der Waals surface area contributed by atoms with Gasteiger partial charge < -0.3 is 14.1 Å². The molecule has 3 aromatic rings. The number of hydrogen-bond donors (Lipinski definition) is 0. The van der Waals surface area contributed by atoms with Gasteiger partial charge in [0.15, 0.2) is 0 Å². The number of oxazole rings is 1. The quantitative estimate of drug-likeness (QED) is 0.359. The Kier molecular flexibility index (Phi) is 7.03. The summed E-state index contributed by atoms with van der Waals surface area (Å²) in [5, 5.41) is 0. The van der Waals surface area contributed by atoms with Crippen molar-refractivity contribution in [3.8, 4) is 17.2 Å². The van der Waals surface area contributed by atoms with E-state index in [1.54, 1.807) is 24.3 Å². The lowest BCUT2D eigenvalue weighted by Crippen LogP contribution is -2.34. The number of aryl methyl sites for hydroxylation is 1. The largest absolute Gasteiger partial charge is 0.493 e. The van der Waals surface area contributed by atoms with Crippen molar-refractivity contribution in [3.05, 3.63) is 95.2 Å². The van der Waals surface area contributed by atoms with Gasteiger partial charge in [-0.25, -0.2) is 9.37 Å². The highest BCUT2D eigenvalue weighted by Gasteiger charge is 2.19. The van der Waals surface area contributed by atoms with Gasteiger partial charge in [-0.1, -0.05) is 24.3 Å². The van der Waals surface area contributed by atoms with Crippen LogP contribution in [0.3, 0.4) is 0 Å². The van der Waals surface area contributed by atoms with Crippen molar-refractivity contribution in [2.75, 3.05) is 13.2 Å². The molecule has 0 saturated heterocycles. The molecule has 0 fully saturated rings. The first-order valence-corrected chi connectivity index (χ1v) is 11.1. The Morgan fingerprint density at radius 3 is 2.79 bits per heavy atom. The van der Waals surface area contributed by atoms with Crippen LogP contribution in [0.4, 0.5) is 4.39 Å². The number of halogens is 1. The summed E-state index contributed by atoms with van der Waals surface area (Å²) < 4.78 is 24.9. The fraction of sp³-hybridized carbons (Fsp3) is 0.259. The van der Waals surface area contributed by atoms with Crippen molar-refractivity contribution >= 4 is 5.91 Å². The zero-order valence-corrected chi connectivity index (χ0v) is 18.9. The number of ether oxygens (including phenoxy) is 1. The van der Waals surface area contributed by atoms with Crippen LogP contribution >= 0.6 is 0 Å². The lowest BCUT2D eigenvalue weighted by molar-refractivity contribution is -0.126. The molecule has 0 saturated carbocycles. The highest BCUT2D eigenvalue weighted by molar-refractivity contribution is 5.88. The molecule has 4 rings (SSSR count). The van der Waals surface area contributed by atoms with Crippen LogP contribution in [0.5, 0.6) is 5.75 Å². The Hall–Kier alpha value is -3.67. The highest BCUT2D eigenvalue weighted by Crippen LogP contribution is 2.25. The Morgan fingerprint density at radius 2 is 2.00 bits per heavy atom. The first-order chi connectivity index (χ1) is 16.0. The number of amides is 1. The van der Waals surface area contributed by atoms with Gasteiger partial charge in [-0.3, -0.25) is 4.79 Å². The van der Waals surface area contributed by atoms with Gasteiger partial charge in [0.1, 0.15) is 17.3 Å². The molecule has 1 aliphatic rings. The zero-order chi connectivity index (χ0) is 23.2. The second kappa shape index (κ2) is 10.3. The van der Waals surface area contributed by atoms with E-state index < -0.39 is 0 Å². The smallest absolute Gasteiger partial charge is 0.246 e. The molecule has 6 heteroatoms. The zero-order valence-electron chi connectivity index (χ0n) is 18.9. The topological polar surface area (TPSA) is 55.6 Å². The second-order valence-corrected chi connectivity index (χ2v) is 7.95. The number of aromatic nitrogens is 1. The molecule has 2 heterocycles. The summed E-state index contributed by atoms with van der Waals surface area (Å²) in [4.78, 5) is 18.8. The van der Waals surface area contributed by atoms with Crippen LogP contribution in [0.2, 0.25) is 0 Å². The lowest BCUT2D eigenvalue weighted by Gasteiger charge is -2.28. The van der Waals surface area contributed by atoms with Gasteiger partial charge in [-0.2, -0.15) is 0 Å². The van der Waals surface area contributed by atoms with Crippen LogP contribution in [0, 0.1) is 12.7 Å². The summed E-state index contributed by atoms with van der Waals surface area (Å²) in [5.74, 6) is 1.70. The Balaban J connectivity index is 1.36. The normalized spacial score (nSPS) is 13.6. The molecule has 1 aromatic heterocycles. The van der Waals surface area contributed by atoms with E-state index in [0.29, 0.717) is 32.0 Å². The van der Waals surface area contributed by atoms with E-state index in [4.69, 9.17) is 9.15 Å². The minimum Gasteiger partial charge on any atom is -0.493 e. The second-order valence-electron chi connectivity index (χ2n) is 7.95. The number of carbonyl (C=O) groups is 1. The lowest BCUT2D eigenvalue weighted by atomic mass is 9.99. The average molecular weight is 447 g/mol. The van der Waals surface area contributed by atoms with Crippen LogP contribution < -0.4 is 4.74 Å². The molecule has 33 heavy (non-hydrogen) atoms. The van der Waals surface area contributed by atoms with Gasteiger partial charge in [0, 0.05) is 31.1 Å². The van der Waals surface area contributed by atoms with E-state index in [9.17, 15) is 9.18 Å². The van der Waals surface area contributed by atoms with Gasteiger partial charge in [0.05, 0.1) is 12.3 Å². The van der Waals surface area contributed by atoms with Gasteiger partial charge in [0.25, 0.3) is 0 Å². The summed E-state index contributed by atoms with van der Waals surface area (Å²) in [6, 6.07) is 12.2. The Labute approximate surface area is 193 Å². The fourth-order valence-corrected chi connectivity index (χ4v) is 3.81. The van der Waals surface area contributed by atoms with E-state index in [2.05, 4.69) is 11.1 Å². The molecule has 5 nitrogen and oxygen atoms in total. The number of nitrogens with zero attached hydrogens (tertiary/aromatic N) is 2. The van der Waals surface area contributed by atoms with Crippen LogP contribution in [-0.2, 0) is 24.2 Å². The maximum absolute atomic E-state index is 13.2. The van der Waals surface area contributed by atoms with Gasteiger partial charge in [-0.05, 0) is 67.8 Å². The Bertz CT molecular complexity index is 1180. The molecular formula is C27H27FN2O3. The predicted molar refractivity (Wildman–Crippen MR) is 125 cm³/mol. The molecule has 1 aliphatic heterocycles. The summed E-state index contributed by atoms with van der Waals surface area (Å²) in [5.41, 5.74) is 3.92. The molecule has 0 N–H and O–H groups in total. The summed E-state index contributed by atoms with van der Waals surface area (Å²) in [6.45, 7) is 5.53. The number of benzene rings is 2. The number of fused-ring (bicyclic) bond motifs is 1. The number of carbonyl (C=O) groups excluding carboxylic acids is 1. The van der Waals surface area contributed by atoms with E-state index in [1.807, 2.05) is 43.0 Å². The van der Waals surface area contributed by atoms with Crippen molar-refractivity contribution in [3.63, 3.8) is 0 Å². The van der Waals surface area contributed by atoms with Gasteiger partial charge in [-0.15, -0.1) is 0 Å². The standard InChI is InChI=1S/C27H27FN2O3/c1-3-4-5-6-26(31)30-15-13-20-9-12-24(17-22(20)18-30)32-16-14-25-19(2)33-27(29-25)21-7-10-23(28)11-8-21/h3-12,17H,13-16,18H2,1-2H3. The average Bonchev–Trinajstić information content (AvgIpc) is 3.19. The molecule has 1 amide bonds. The molecule has 0 spiro atoms. The van der Waals surface area contributed by atoms with Crippen molar-refractivity contribution in [2.45, 2.75) is 33.2 Å². The van der Waals surface area contributed by atoms with Crippen molar-refractivity contribution < 1.29 is 18.3 Å². The summed E-state index contributed by atoms with van der Waals surface area (Å²) >= 11 is 0. The molecule has 2 aromatic carbocycles. The number of hydrogen-bond acceptors (Lipinski definition) is 4. The van der Waals surface area contributed by atoms with Crippen LogP contribution in [0.15, 0.2) is 71.2 Å². The summed E-state index contributed by atoms with van der Waals surface area (Å²) in [7, 11) is 0. The summed E-state index contributed by atoms with van der Waals surface area (Å²) in [6.07, 6.45) is 8.54. The SMILES string of the molecule is CC=CC=CC(=O)N1CCc2ccc(OCCc3nc(-c4ccc(F)cc4)oc3C)cc2C1. The van der Waals surface area contributed by atoms with Crippen LogP contribution in [-0.4, -0.2) is 28.9 Å². The first kappa shape index (κ1) is 22.5. The minimum absolute atomic E-state index is 0.0172. The number of rotatable bonds is 7. The maximum atomic E-state index is 13.2. The van der Waals surface area contributed by atoms with E-state index in [-0.39, 0.29) is 11.7 Å². The fourth-order valence-electron chi connectivity index (χ4n) is 3.81. The van der Waals surface area contributed by atoms with Crippen molar-refractivity contribution in [1.29, 1.82) is 0 Å². The monoisotopic (exact) mass is 446 g/mol. The van der Waals surface area contributed by atoms with Crippen LogP contribution in [0.1, 0.15) is 29.5 Å². The number of allylic oxidation sites excluding steroid dienone is 3. The van der Waals surface area contributed by atoms with E-state index in [0.717, 1.165) is 34.8 Å². The van der Waals surface area contributed by atoms with Gasteiger partial charge >= 0.3 is 0 Å². The predicted octanol–water partition coefficient (Wildman–Crippen LogP) is 5.43. The molecular weight excluding hydrogens is 419 g/mol. The van der Waals surface area contributed by atoms with E-state index >= 15 is 0 Å². The molecule has 0 atom stereocenters. The third-order valence-electron chi connectivity index (χ3n) is 5.64. The van der Waals surface area contributed by atoms with Crippen molar-refractivity contribution in [2.24, 2.45) is 0 Å². The first-order valence-electron chi connectivity index (χ1n) is 11.1. The molecule has 170 valence electrons. The maximum Gasteiger partial charge on any atom is 0.246 e. The Morgan fingerprint density at radius 1 is 1.18 bits per heavy atom. The van der Waals surface area contributed by atoms with Crippen molar-refractivity contribution in [1.82, 2.24) is 9.88 Å². The minimum atomic E-state index is -0.293. The third kappa shape index (κ3) is 5.58. The molecule has 0 aliphatic carbocycles. The van der Waals surface area contributed by atoms with Gasteiger partial charge in [0.2, 0.25) is 11.8 Å². The van der Waals surface area contributed by atoms with Crippen LogP contribution in [0.25, 0.3) is 11.5 Å². The highest BCUT2D eigenvalue weighted by atomic mass is 19.1. The molecule has 0 radical (unpaired) electrons. The third-order valence-corrected chi connectivity index (χ3v) is 5.64.